The van der Waals surface area contributed by atoms with Gasteiger partial charge in [-0.2, -0.15) is 6.92 Å². The quantitative estimate of drug-likeness (QED) is 0.135. The van der Waals surface area contributed by atoms with Crippen LogP contribution in [0.4, 0.5) is 0 Å². The van der Waals surface area contributed by atoms with Crippen LogP contribution in [0.1, 0.15) is 33.6 Å². The smallest absolute Gasteiger partial charge is 0.591 e. The zero-order valence-corrected chi connectivity index (χ0v) is 25.8. The Morgan fingerprint density at radius 1 is 0.778 bits per heavy atom. The number of rotatable bonds is 7. The van der Waals surface area contributed by atoms with E-state index in [0.717, 1.165) is 51.8 Å². The van der Waals surface area contributed by atoms with Crippen molar-refractivity contribution in [3.63, 3.8) is 0 Å². The van der Waals surface area contributed by atoms with Crippen molar-refractivity contribution in [3.05, 3.63) is 96.9 Å². The molecule has 0 aromatic heterocycles. The van der Waals surface area contributed by atoms with E-state index < -0.39 is 7.29 Å². The van der Waals surface area contributed by atoms with E-state index in [-0.39, 0.29) is 25.5 Å². The van der Waals surface area contributed by atoms with Crippen molar-refractivity contribution in [2.45, 2.75) is 39.7 Å². The summed E-state index contributed by atoms with van der Waals surface area (Å²) in [5.41, 5.74) is 0. The van der Waals surface area contributed by atoms with Gasteiger partial charge in [-0.3, -0.25) is 0 Å². The van der Waals surface area contributed by atoms with Gasteiger partial charge >= 0.3 is 19.5 Å². The van der Waals surface area contributed by atoms with Crippen molar-refractivity contribution in [2.24, 2.45) is 5.92 Å². The predicted molar refractivity (Wildman–Crippen MR) is 153 cm³/mol. The number of likely N-dealkylation sites (tertiary alicyclic amines) is 1. The summed E-state index contributed by atoms with van der Waals surface area (Å²) in [6, 6.07) is 28.8. The summed E-state index contributed by atoms with van der Waals surface area (Å²) >= 11 is 0. The molecule has 1 aliphatic rings. The molecule has 1 fully saturated rings. The number of benzene rings is 4. The maximum absolute atomic E-state index is 15.3. The molecular formula is C31H37N2OPZn. The van der Waals surface area contributed by atoms with Gasteiger partial charge < -0.3 is 21.5 Å². The fourth-order valence-corrected chi connectivity index (χ4v) is 7.92. The second kappa shape index (κ2) is 13.1. The molecular weight excluding hydrogens is 513 g/mol. The Labute approximate surface area is 229 Å². The van der Waals surface area contributed by atoms with E-state index >= 15 is 4.57 Å². The Hall–Kier alpha value is -1.83. The van der Waals surface area contributed by atoms with Crippen LogP contribution in [0.25, 0.3) is 26.6 Å². The van der Waals surface area contributed by atoms with Gasteiger partial charge in [0.1, 0.15) is 0 Å². The van der Waals surface area contributed by atoms with Gasteiger partial charge in [0.05, 0.1) is 7.29 Å². The molecule has 1 aliphatic heterocycles. The van der Waals surface area contributed by atoms with Crippen molar-refractivity contribution >= 4 is 39.4 Å². The summed E-state index contributed by atoms with van der Waals surface area (Å²) < 4.78 is 15.3. The minimum Gasteiger partial charge on any atom is -0.591 e. The maximum Gasteiger partial charge on any atom is 2.00 e. The summed E-state index contributed by atoms with van der Waals surface area (Å²) in [7, 11) is -3.28. The van der Waals surface area contributed by atoms with Crippen molar-refractivity contribution in [1.29, 1.82) is 0 Å². The van der Waals surface area contributed by atoms with Gasteiger partial charge in [-0.1, -0.05) is 105 Å². The first-order chi connectivity index (χ1) is 17.1. The van der Waals surface area contributed by atoms with Crippen LogP contribution in [0.15, 0.2) is 84.9 Å². The molecule has 5 heteroatoms. The summed E-state index contributed by atoms with van der Waals surface area (Å²) in [6.07, 6.45) is 2.49. The van der Waals surface area contributed by atoms with Crippen LogP contribution < -0.4 is 10.6 Å². The molecule has 1 heterocycles. The summed E-state index contributed by atoms with van der Waals surface area (Å²) in [5, 5.41) is 11.3. The third kappa shape index (κ3) is 6.00. The van der Waals surface area contributed by atoms with E-state index in [9.17, 15) is 0 Å². The normalized spacial score (nSPS) is 14.9. The Balaban J connectivity index is 0.00000117. The van der Waals surface area contributed by atoms with Crippen molar-refractivity contribution in [2.75, 3.05) is 19.6 Å². The van der Waals surface area contributed by atoms with Crippen LogP contribution in [0.5, 0.6) is 0 Å². The maximum atomic E-state index is 15.3. The SMILES string of the molecule is CC(C)[C@H](CN1CCCC1)[N-]P(=O)(c1cccc2ccccc12)c1cccc2ccccc12.[CH2-]C.[Zn+2]. The third-order valence-corrected chi connectivity index (χ3v) is 9.62. The van der Waals surface area contributed by atoms with E-state index in [1.807, 2.05) is 48.5 Å². The molecule has 4 aromatic rings. The molecule has 184 valence electrons. The number of fused-ring (bicyclic) bond motifs is 2. The number of hydrogen-bond acceptors (Lipinski definition) is 2. The average molecular weight is 550 g/mol. The molecule has 0 aliphatic carbocycles. The summed E-state index contributed by atoms with van der Waals surface area (Å²) in [4.78, 5) is 2.49. The summed E-state index contributed by atoms with van der Waals surface area (Å²) in [6.45, 7) is 12.5. The van der Waals surface area contributed by atoms with Crippen LogP contribution >= 0.6 is 7.29 Å². The van der Waals surface area contributed by atoms with Crippen LogP contribution in [0.3, 0.4) is 0 Å². The zero-order chi connectivity index (χ0) is 24.8. The van der Waals surface area contributed by atoms with Crippen molar-refractivity contribution in [1.82, 2.24) is 4.90 Å². The summed E-state index contributed by atoms with van der Waals surface area (Å²) in [5.74, 6) is 0.309. The molecule has 0 unspecified atom stereocenters. The van der Waals surface area contributed by atoms with Gasteiger partial charge in [0.25, 0.3) is 0 Å². The average Bonchev–Trinajstić information content (AvgIpc) is 3.42. The number of hydrogen-bond donors (Lipinski definition) is 0. The minimum atomic E-state index is -3.28. The van der Waals surface area contributed by atoms with Crippen LogP contribution in [0.2, 0.25) is 0 Å². The Kier molecular flexibility index (Phi) is 10.5. The fraction of sp³-hybridized carbons (Fsp3) is 0.323. The van der Waals surface area contributed by atoms with Crippen molar-refractivity contribution in [3.8, 4) is 0 Å². The van der Waals surface area contributed by atoms with Crippen molar-refractivity contribution < 1.29 is 24.0 Å². The Morgan fingerprint density at radius 2 is 1.22 bits per heavy atom. The first-order valence-corrected chi connectivity index (χ1v) is 14.4. The largest absolute Gasteiger partial charge is 2.00 e. The molecule has 1 saturated heterocycles. The van der Waals surface area contributed by atoms with Gasteiger partial charge in [-0.05, 0) is 54.0 Å². The van der Waals surface area contributed by atoms with Crippen LogP contribution in [-0.2, 0) is 24.0 Å². The van der Waals surface area contributed by atoms with Gasteiger partial charge in [0.15, 0.2) is 0 Å². The van der Waals surface area contributed by atoms with Crippen LogP contribution in [-0.4, -0.2) is 30.6 Å². The topological polar surface area (TPSA) is 34.4 Å². The van der Waals surface area contributed by atoms with Gasteiger partial charge in [0, 0.05) is 10.6 Å². The van der Waals surface area contributed by atoms with E-state index in [1.165, 1.54) is 12.8 Å². The first kappa shape index (κ1) is 28.7. The molecule has 3 nitrogen and oxygen atoms in total. The second-order valence-electron chi connectivity index (χ2n) is 9.51. The Morgan fingerprint density at radius 3 is 1.69 bits per heavy atom. The zero-order valence-electron chi connectivity index (χ0n) is 21.9. The molecule has 0 radical (unpaired) electrons. The molecule has 0 bridgehead atoms. The van der Waals surface area contributed by atoms with E-state index in [4.69, 9.17) is 5.09 Å². The number of nitrogens with zero attached hydrogens (tertiary/aromatic N) is 2. The third-order valence-electron chi connectivity index (χ3n) is 6.91. The molecule has 4 aromatic carbocycles. The molecule has 0 N–H and O–H groups in total. The monoisotopic (exact) mass is 548 g/mol. The molecule has 0 saturated carbocycles. The van der Waals surface area contributed by atoms with E-state index in [0.29, 0.717) is 5.92 Å². The second-order valence-corrected chi connectivity index (χ2v) is 11.9. The molecule has 0 amide bonds. The molecule has 0 spiro atoms. The standard InChI is InChI=1S/C29H32N2OP.C2H5.Zn/c1-22(2)27(21-31-19-7-8-20-31)30-33(32,28-17-9-13-23-11-3-5-15-25(23)28)29-18-10-14-24-12-4-6-16-26(24)29;1-2;/h3-6,9-18,22,27H,7-8,19-21H2,1-2H3;1H2,2H3;/q2*-1;+2/t27-;;/m0../s1. The predicted octanol–water partition coefficient (Wildman–Crippen LogP) is 7.55. The van der Waals surface area contributed by atoms with Gasteiger partial charge in [0.2, 0.25) is 0 Å². The first-order valence-electron chi connectivity index (χ1n) is 12.8. The van der Waals surface area contributed by atoms with Gasteiger partial charge in [-0.25, -0.2) is 0 Å². The fourth-order valence-electron chi connectivity index (χ4n) is 5.02. The molecule has 5 rings (SSSR count). The molecule has 1 atom stereocenters. The van der Waals surface area contributed by atoms with Gasteiger partial charge in [-0.15, -0.1) is 6.04 Å². The van der Waals surface area contributed by atoms with Crippen LogP contribution in [0, 0.1) is 12.8 Å². The van der Waals surface area contributed by atoms with E-state index in [2.05, 4.69) is 62.1 Å². The minimum absolute atomic E-state index is 0. The molecule has 36 heavy (non-hydrogen) atoms. The van der Waals surface area contributed by atoms with E-state index in [1.54, 1.807) is 6.92 Å². The Bertz CT molecular complexity index is 1220.